The van der Waals surface area contributed by atoms with Gasteiger partial charge in [-0.15, -0.1) is 11.3 Å². The quantitative estimate of drug-likeness (QED) is 0.808. The molecule has 1 aromatic carbocycles. The van der Waals surface area contributed by atoms with Crippen molar-refractivity contribution in [3.05, 3.63) is 57.3 Å². The van der Waals surface area contributed by atoms with Gasteiger partial charge in [0.2, 0.25) is 0 Å². The van der Waals surface area contributed by atoms with Gasteiger partial charge in [0.05, 0.1) is 6.10 Å². The molecule has 1 unspecified atom stereocenters. The molecule has 0 aliphatic carbocycles. The maximum absolute atomic E-state index is 10.2. The molecule has 3 heteroatoms. The Morgan fingerprint density at radius 2 is 1.86 bits per heavy atom. The molecule has 0 amide bonds. The third kappa shape index (κ3) is 4.95. The molecule has 1 aromatic heterocycles. The Balaban J connectivity index is 1.82. The van der Waals surface area contributed by atoms with E-state index in [1.807, 2.05) is 12.1 Å². The molecule has 21 heavy (non-hydrogen) atoms. The van der Waals surface area contributed by atoms with Crippen molar-refractivity contribution in [2.75, 3.05) is 6.54 Å². The van der Waals surface area contributed by atoms with Crippen LogP contribution in [-0.4, -0.2) is 11.7 Å². The molecule has 0 saturated carbocycles. The van der Waals surface area contributed by atoms with Crippen LogP contribution in [0.2, 0.25) is 0 Å². The summed E-state index contributed by atoms with van der Waals surface area (Å²) in [6, 6.07) is 10.5. The van der Waals surface area contributed by atoms with Crippen LogP contribution in [0.4, 0.5) is 0 Å². The lowest BCUT2D eigenvalue weighted by molar-refractivity contribution is 0.174. The summed E-state index contributed by atoms with van der Waals surface area (Å²) in [5.41, 5.74) is 3.64. The van der Waals surface area contributed by atoms with Gasteiger partial charge in [0.25, 0.3) is 0 Å². The average Bonchev–Trinajstić information content (AvgIpc) is 2.84. The Bertz CT molecular complexity index is 545. The Morgan fingerprint density at radius 1 is 1.14 bits per heavy atom. The Labute approximate surface area is 131 Å². The molecule has 1 atom stereocenters. The van der Waals surface area contributed by atoms with Crippen LogP contribution in [0.5, 0.6) is 0 Å². The van der Waals surface area contributed by atoms with E-state index in [9.17, 15) is 5.11 Å². The van der Waals surface area contributed by atoms with Crippen molar-refractivity contribution < 1.29 is 5.11 Å². The number of aliphatic hydroxyl groups excluding tert-OH is 1. The molecule has 0 saturated heterocycles. The van der Waals surface area contributed by atoms with Crippen molar-refractivity contribution in [1.82, 2.24) is 5.32 Å². The number of rotatable bonds is 7. The summed E-state index contributed by atoms with van der Waals surface area (Å²) >= 11 is 1.76. The van der Waals surface area contributed by atoms with Crippen LogP contribution < -0.4 is 5.32 Å². The van der Waals surface area contributed by atoms with Crippen molar-refractivity contribution in [2.45, 2.75) is 39.8 Å². The lowest BCUT2D eigenvalue weighted by Crippen LogP contribution is -2.20. The van der Waals surface area contributed by atoms with Crippen LogP contribution >= 0.6 is 11.3 Å². The van der Waals surface area contributed by atoms with E-state index in [1.54, 1.807) is 11.3 Å². The van der Waals surface area contributed by atoms with Crippen LogP contribution in [0, 0.1) is 12.8 Å². The first-order chi connectivity index (χ1) is 10.1. The zero-order chi connectivity index (χ0) is 15.2. The zero-order valence-electron chi connectivity index (χ0n) is 13.1. The van der Waals surface area contributed by atoms with E-state index in [-0.39, 0.29) is 0 Å². The van der Waals surface area contributed by atoms with Gasteiger partial charge in [-0.05, 0) is 47.4 Å². The summed E-state index contributed by atoms with van der Waals surface area (Å²) in [6.07, 6.45) is 0.644. The van der Waals surface area contributed by atoms with Gasteiger partial charge < -0.3 is 10.4 Å². The Morgan fingerprint density at radius 3 is 2.43 bits per heavy atom. The highest BCUT2D eigenvalue weighted by Gasteiger charge is 2.08. The third-order valence-electron chi connectivity index (χ3n) is 3.60. The molecule has 2 nitrogen and oxygen atoms in total. The SMILES string of the molecule is Cc1ccsc1CNCC(O)c1ccc(CC(C)C)cc1. The number of hydrogen-bond donors (Lipinski definition) is 2. The topological polar surface area (TPSA) is 32.3 Å². The second kappa shape index (κ2) is 7.74. The van der Waals surface area contributed by atoms with Gasteiger partial charge in [-0.3, -0.25) is 0 Å². The molecule has 114 valence electrons. The molecule has 0 spiro atoms. The first-order valence-corrected chi connectivity index (χ1v) is 8.45. The molecule has 2 aromatic rings. The van der Waals surface area contributed by atoms with E-state index in [1.165, 1.54) is 16.0 Å². The van der Waals surface area contributed by atoms with Gasteiger partial charge in [-0.1, -0.05) is 38.1 Å². The number of benzene rings is 1. The lowest BCUT2D eigenvalue weighted by Gasteiger charge is -2.13. The summed E-state index contributed by atoms with van der Waals surface area (Å²) < 4.78 is 0. The second-order valence-electron chi connectivity index (χ2n) is 6.01. The van der Waals surface area contributed by atoms with Gasteiger partial charge in [-0.2, -0.15) is 0 Å². The summed E-state index contributed by atoms with van der Waals surface area (Å²) in [4.78, 5) is 1.34. The summed E-state index contributed by atoms with van der Waals surface area (Å²) in [6.45, 7) is 7.97. The second-order valence-corrected chi connectivity index (χ2v) is 7.01. The van der Waals surface area contributed by atoms with Gasteiger partial charge in [-0.25, -0.2) is 0 Å². The van der Waals surface area contributed by atoms with Crippen LogP contribution in [0.1, 0.15) is 41.5 Å². The summed E-state index contributed by atoms with van der Waals surface area (Å²) in [7, 11) is 0. The molecular formula is C18H25NOS. The van der Waals surface area contributed by atoms with E-state index >= 15 is 0 Å². The van der Waals surface area contributed by atoms with E-state index in [4.69, 9.17) is 0 Å². The molecule has 2 rings (SSSR count). The molecule has 0 bridgehead atoms. The van der Waals surface area contributed by atoms with E-state index in [2.05, 4.69) is 49.7 Å². The minimum absolute atomic E-state index is 0.446. The highest BCUT2D eigenvalue weighted by molar-refractivity contribution is 7.10. The Kier molecular flexibility index (Phi) is 5.97. The first kappa shape index (κ1) is 16.2. The van der Waals surface area contributed by atoms with Crippen molar-refractivity contribution in [3.8, 4) is 0 Å². The highest BCUT2D eigenvalue weighted by Crippen LogP contribution is 2.17. The standard InChI is InChI=1S/C18H25NOS/c1-13(2)10-15-4-6-16(7-5-15)17(20)11-19-12-18-14(3)8-9-21-18/h4-9,13,17,19-20H,10-12H2,1-3H3. The zero-order valence-corrected chi connectivity index (χ0v) is 13.9. The van der Waals surface area contributed by atoms with Crippen molar-refractivity contribution in [2.24, 2.45) is 5.92 Å². The molecule has 0 aliphatic rings. The number of hydrogen-bond acceptors (Lipinski definition) is 3. The maximum atomic E-state index is 10.2. The minimum atomic E-state index is -0.446. The van der Waals surface area contributed by atoms with Gasteiger partial charge >= 0.3 is 0 Å². The molecular weight excluding hydrogens is 278 g/mol. The van der Waals surface area contributed by atoms with Crippen LogP contribution in [0.25, 0.3) is 0 Å². The van der Waals surface area contributed by atoms with Crippen LogP contribution in [-0.2, 0) is 13.0 Å². The smallest absolute Gasteiger partial charge is 0.0914 e. The summed E-state index contributed by atoms with van der Waals surface area (Å²) in [5.74, 6) is 0.663. The Hall–Kier alpha value is -1.16. The first-order valence-electron chi connectivity index (χ1n) is 7.57. The molecule has 2 N–H and O–H groups in total. The van der Waals surface area contributed by atoms with Crippen LogP contribution in [0.15, 0.2) is 35.7 Å². The van der Waals surface area contributed by atoms with E-state index in [0.29, 0.717) is 12.5 Å². The molecule has 0 aliphatic heterocycles. The fraction of sp³-hybridized carbons (Fsp3) is 0.444. The maximum Gasteiger partial charge on any atom is 0.0914 e. The number of nitrogens with one attached hydrogen (secondary N) is 1. The fourth-order valence-electron chi connectivity index (χ4n) is 2.37. The van der Waals surface area contributed by atoms with E-state index < -0.39 is 6.10 Å². The summed E-state index contributed by atoms with van der Waals surface area (Å²) in [5, 5.41) is 15.7. The average molecular weight is 303 g/mol. The van der Waals surface area contributed by atoms with Gasteiger partial charge in [0.1, 0.15) is 0 Å². The predicted molar refractivity (Wildman–Crippen MR) is 90.7 cm³/mol. The predicted octanol–water partition coefficient (Wildman–Crippen LogP) is 4.08. The normalized spacial score (nSPS) is 12.8. The number of thiophene rings is 1. The molecule has 0 fully saturated rings. The van der Waals surface area contributed by atoms with Gasteiger partial charge in [0.15, 0.2) is 0 Å². The third-order valence-corrected chi connectivity index (χ3v) is 4.62. The van der Waals surface area contributed by atoms with Crippen molar-refractivity contribution in [1.29, 1.82) is 0 Å². The highest BCUT2D eigenvalue weighted by atomic mass is 32.1. The molecule has 1 heterocycles. The monoisotopic (exact) mass is 303 g/mol. The van der Waals surface area contributed by atoms with Crippen LogP contribution in [0.3, 0.4) is 0 Å². The van der Waals surface area contributed by atoms with Crippen molar-refractivity contribution >= 4 is 11.3 Å². The van der Waals surface area contributed by atoms with E-state index in [0.717, 1.165) is 18.5 Å². The molecule has 0 radical (unpaired) electrons. The number of aryl methyl sites for hydroxylation is 1. The van der Waals surface area contributed by atoms with Crippen molar-refractivity contribution in [3.63, 3.8) is 0 Å². The fourth-order valence-corrected chi connectivity index (χ4v) is 3.25. The van der Waals surface area contributed by atoms with Gasteiger partial charge in [0, 0.05) is 18.0 Å². The number of aliphatic hydroxyl groups is 1. The lowest BCUT2D eigenvalue weighted by atomic mass is 10.0. The minimum Gasteiger partial charge on any atom is -0.387 e. The largest absolute Gasteiger partial charge is 0.387 e.